The highest BCUT2D eigenvalue weighted by Crippen LogP contribution is 2.31. The summed E-state index contributed by atoms with van der Waals surface area (Å²) in [5.41, 5.74) is 0.664. The van der Waals surface area contributed by atoms with Crippen molar-refractivity contribution in [3.05, 3.63) is 16.9 Å². The SMILES string of the molecule is CC(C)(C)OC(=O)Nc1cc2c(nc1Cl)CCCO2. The number of amides is 1. The van der Waals surface area contributed by atoms with Crippen LogP contribution >= 0.6 is 11.6 Å². The van der Waals surface area contributed by atoms with Gasteiger partial charge in [0.2, 0.25) is 0 Å². The molecule has 0 aliphatic carbocycles. The van der Waals surface area contributed by atoms with Crippen LogP contribution in [0.4, 0.5) is 10.5 Å². The van der Waals surface area contributed by atoms with Crippen molar-refractivity contribution in [2.24, 2.45) is 0 Å². The Morgan fingerprint density at radius 2 is 2.26 bits per heavy atom. The normalized spacial score (nSPS) is 14.3. The number of nitrogens with zero attached hydrogens (tertiary/aromatic N) is 1. The molecule has 2 heterocycles. The van der Waals surface area contributed by atoms with Crippen molar-refractivity contribution in [2.75, 3.05) is 11.9 Å². The maximum Gasteiger partial charge on any atom is 0.412 e. The molecule has 0 fully saturated rings. The van der Waals surface area contributed by atoms with E-state index in [1.54, 1.807) is 26.8 Å². The summed E-state index contributed by atoms with van der Waals surface area (Å²) in [5.74, 6) is 0.668. The van der Waals surface area contributed by atoms with Crippen LogP contribution in [-0.4, -0.2) is 23.3 Å². The maximum absolute atomic E-state index is 11.7. The van der Waals surface area contributed by atoms with Gasteiger partial charge in [0.25, 0.3) is 0 Å². The summed E-state index contributed by atoms with van der Waals surface area (Å²) in [5, 5.41) is 2.83. The first kappa shape index (κ1) is 13.9. The van der Waals surface area contributed by atoms with E-state index in [9.17, 15) is 4.79 Å². The van der Waals surface area contributed by atoms with E-state index < -0.39 is 11.7 Å². The van der Waals surface area contributed by atoms with E-state index in [-0.39, 0.29) is 5.15 Å². The average Bonchev–Trinajstić information content (AvgIpc) is 2.27. The summed E-state index contributed by atoms with van der Waals surface area (Å²) >= 11 is 6.04. The van der Waals surface area contributed by atoms with E-state index in [1.165, 1.54) is 0 Å². The molecule has 104 valence electrons. The number of anilines is 1. The second-order valence-corrected chi connectivity index (χ2v) is 5.71. The minimum atomic E-state index is -0.563. The van der Waals surface area contributed by atoms with Crippen LogP contribution in [0.2, 0.25) is 5.15 Å². The molecule has 1 N–H and O–H groups in total. The van der Waals surface area contributed by atoms with Crippen molar-refractivity contribution in [2.45, 2.75) is 39.2 Å². The quantitative estimate of drug-likeness (QED) is 0.803. The molecule has 0 saturated carbocycles. The lowest BCUT2D eigenvalue weighted by Crippen LogP contribution is -2.27. The highest BCUT2D eigenvalue weighted by Gasteiger charge is 2.20. The Bertz CT molecular complexity index is 497. The molecule has 2 rings (SSSR count). The number of nitrogens with one attached hydrogen (secondary N) is 1. The van der Waals surface area contributed by atoms with Crippen LogP contribution in [-0.2, 0) is 11.2 Å². The summed E-state index contributed by atoms with van der Waals surface area (Å²) in [6, 6.07) is 1.69. The molecule has 0 unspecified atom stereocenters. The lowest BCUT2D eigenvalue weighted by atomic mass is 10.1. The Balaban J connectivity index is 2.14. The van der Waals surface area contributed by atoms with Crippen LogP contribution in [0.5, 0.6) is 5.75 Å². The molecule has 0 spiro atoms. The van der Waals surface area contributed by atoms with Crippen molar-refractivity contribution in [1.29, 1.82) is 0 Å². The fraction of sp³-hybridized carbons (Fsp3) is 0.538. The third kappa shape index (κ3) is 3.73. The van der Waals surface area contributed by atoms with Crippen LogP contribution in [0.1, 0.15) is 32.9 Å². The summed E-state index contributed by atoms with van der Waals surface area (Å²) in [4.78, 5) is 15.9. The molecular weight excluding hydrogens is 268 g/mol. The van der Waals surface area contributed by atoms with Gasteiger partial charge in [-0.3, -0.25) is 5.32 Å². The van der Waals surface area contributed by atoms with E-state index in [0.29, 0.717) is 18.0 Å². The second-order valence-electron chi connectivity index (χ2n) is 5.35. The van der Waals surface area contributed by atoms with Crippen molar-refractivity contribution in [3.8, 4) is 5.75 Å². The monoisotopic (exact) mass is 284 g/mol. The van der Waals surface area contributed by atoms with E-state index in [0.717, 1.165) is 18.5 Å². The number of pyridine rings is 1. The van der Waals surface area contributed by atoms with Gasteiger partial charge >= 0.3 is 6.09 Å². The lowest BCUT2D eigenvalue weighted by Gasteiger charge is -2.21. The van der Waals surface area contributed by atoms with Crippen molar-refractivity contribution >= 4 is 23.4 Å². The molecule has 1 aromatic rings. The van der Waals surface area contributed by atoms with E-state index in [4.69, 9.17) is 21.1 Å². The molecule has 0 saturated heterocycles. The lowest BCUT2D eigenvalue weighted by molar-refractivity contribution is 0.0636. The molecular formula is C13H17ClN2O3. The van der Waals surface area contributed by atoms with Gasteiger partial charge in [0.15, 0.2) is 5.15 Å². The fourth-order valence-corrected chi connectivity index (χ4v) is 1.94. The first-order valence-electron chi connectivity index (χ1n) is 6.17. The smallest absolute Gasteiger partial charge is 0.412 e. The Labute approximate surface area is 117 Å². The molecule has 1 aliphatic heterocycles. The predicted octanol–water partition coefficient (Wildman–Crippen LogP) is 3.41. The second kappa shape index (κ2) is 5.25. The fourth-order valence-electron chi connectivity index (χ4n) is 1.73. The Morgan fingerprint density at radius 1 is 1.53 bits per heavy atom. The number of hydrogen-bond acceptors (Lipinski definition) is 4. The zero-order valence-corrected chi connectivity index (χ0v) is 12.0. The number of ether oxygens (including phenoxy) is 2. The molecule has 6 heteroatoms. The van der Waals surface area contributed by atoms with Crippen molar-refractivity contribution < 1.29 is 14.3 Å². The topological polar surface area (TPSA) is 60.5 Å². The molecule has 1 amide bonds. The highest BCUT2D eigenvalue weighted by atomic mass is 35.5. The Morgan fingerprint density at radius 3 is 2.95 bits per heavy atom. The van der Waals surface area contributed by atoms with Gasteiger partial charge in [-0.1, -0.05) is 11.6 Å². The van der Waals surface area contributed by atoms with E-state index in [1.807, 2.05) is 0 Å². The van der Waals surface area contributed by atoms with E-state index >= 15 is 0 Å². The van der Waals surface area contributed by atoms with Crippen molar-refractivity contribution in [3.63, 3.8) is 0 Å². The van der Waals surface area contributed by atoms with Gasteiger partial charge in [0.05, 0.1) is 18.0 Å². The average molecular weight is 285 g/mol. The number of fused-ring (bicyclic) bond motifs is 1. The predicted molar refractivity (Wildman–Crippen MR) is 72.9 cm³/mol. The standard InChI is InChI=1S/C13H17ClN2O3/c1-13(2,3)19-12(17)16-9-7-10-8(15-11(9)14)5-4-6-18-10/h7H,4-6H2,1-3H3,(H,16,17). The Hall–Kier alpha value is -1.49. The molecule has 19 heavy (non-hydrogen) atoms. The van der Waals surface area contributed by atoms with Gasteiger partial charge in [-0.2, -0.15) is 0 Å². The molecule has 0 aromatic carbocycles. The van der Waals surface area contributed by atoms with Gasteiger partial charge in [-0.15, -0.1) is 0 Å². The first-order chi connectivity index (χ1) is 8.85. The number of rotatable bonds is 1. The maximum atomic E-state index is 11.7. The van der Waals surface area contributed by atoms with Crippen LogP contribution in [0.15, 0.2) is 6.07 Å². The molecule has 0 bridgehead atoms. The van der Waals surface area contributed by atoms with Crippen molar-refractivity contribution in [1.82, 2.24) is 4.98 Å². The number of hydrogen-bond donors (Lipinski definition) is 1. The number of carbonyl (C=O) groups excluding carboxylic acids is 1. The van der Waals surface area contributed by atoms with Gasteiger partial charge in [0, 0.05) is 6.07 Å². The first-order valence-corrected chi connectivity index (χ1v) is 6.55. The molecule has 0 atom stereocenters. The van der Waals surface area contributed by atoms with Gasteiger partial charge < -0.3 is 9.47 Å². The molecule has 1 aliphatic rings. The third-order valence-electron chi connectivity index (χ3n) is 2.47. The zero-order chi connectivity index (χ0) is 14.0. The van der Waals surface area contributed by atoms with Crippen LogP contribution < -0.4 is 10.1 Å². The minimum Gasteiger partial charge on any atom is -0.492 e. The summed E-state index contributed by atoms with van der Waals surface area (Å²) in [7, 11) is 0. The third-order valence-corrected chi connectivity index (χ3v) is 2.75. The largest absolute Gasteiger partial charge is 0.492 e. The number of halogens is 1. The summed E-state index contributed by atoms with van der Waals surface area (Å²) in [6.07, 6.45) is 1.20. The molecule has 5 nitrogen and oxygen atoms in total. The van der Waals surface area contributed by atoms with Gasteiger partial charge in [-0.05, 0) is 33.6 Å². The van der Waals surface area contributed by atoms with E-state index in [2.05, 4.69) is 10.3 Å². The molecule has 1 aromatic heterocycles. The van der Waals surface area contributed by atoms with Gasteiger partial charge in [0.1, 0.15) is 11.4 Å². The minimum absolute atomic E-state index is 0.245. The van der Waals surface area contributed by atoms with Crippen LogP contribution in [0, 0.1) is 0 Å². The Kier molecular flexibility index (Phi) is 3.85. The summed E-state index contributed by atoms with van der Waals surface area (Å²) in [6.45, 7) is 6.04. The highest BCUT2D eigenvalue weighted by molar-refractivity contribution is 6.32. The zero-order valence-electron chi connectivity index (χ0n) is 11.2. The number of carbonyl (C=O) groups is 1. The summed E-state index contributed by atoms with van der Waals surface area (Å²) < 4.78 is 10.7. The number of aromatic nitrogens is 1. The van der Waals surface area contributed by atoms with Gasteiger partial charge in [-0.25, -0.2) is 9.78 Å². The molecule has 0 radical (unpaired) electrons. The number of aryl methyl sites for hydroxylation is 1. The van der Waals surface area contributed by atoms with Crippen LogP contribution in [0.3, 0.4) is 0 Å². The van der Waals surface area contributed by atoms with Crippen LogP contribution in [0.25, 0.3) is 0 Å².